The van der Waals surface area contributed by atoms with Gasteiger partial charge in [-0.25, -0.2) is 8.78 Å². The molecule has 102 valence electrons. The highest BCUT2D eigenvalue weighted by molar-refractivity contribution is 4.93. The van der Waals surface area contributed by atoms with Gasteiger partial charge >= 0.3 is 0 Å². The molecule has 0 amide bonds. The lowest BCUT2D eigenvalue weighted by molar-refractivity contribution is 0.0193. The summed E-state index contributed by atoms with van der Waals surface area (Å²) in [6.07, 6.45) is 5.42. The highest BCUT2D eigenvalue weighted by Gasteiger charge is 2.40. The molecule has 1 saturated carbocycles. The Morgan fingerprint density at radius 2 is 1.94 bits per heavy atom. The Hall–Kier alpha value is -0.180. The minimum absolute atomic E-state index is 0.644. The molecule has 1 nitrogen and oxygen atoms in total. The second-order valence-corrected chi connectivity index (χ2v) is 5.47. The predicted molar refractivity (Wildman–Crippen MR) is 68.5 cm³/mol. The molecular formula is C14H27F2N. The van der Waals surface area contributed by atoms with E-state index in [2.05, 4.69) is 12.2 Å². The lowest BCUT2D eigenvalue weighted by atomic mass is 9.89. The number of rotatable bonds is 6. The Morgan fingerprint density at radius 3 is 2.53 bits per heavy atom. The van der Waals surface area contributed by atoms with Crippen LogP contribution in [0.25, 0.3) is 0 Å². The predicted octanol–water partition coefficient (Wildman–Crippen LogP) is 4.37. The first-order valence-corrected chi connectivity index (χ1v) is 7.17. The van der Waals surface area contributed by atoms with Gasteiger partial charge in [0.2, 0.25) is 0 Å². The third-order valence-electron chi connectivity index (χ3n) is 4.08. The summed E-state index contributed by atoms with van der Waals surface area (Å²) >= 11 is 0. The topological polar surface area (TPSA) is 12.0 Å². The van der Waals surface area contributed by atoms with E-state index in [9.17, 15) is 8.78 Å². The summed E-state index contributed by atoms with van der Waals surface area (Å²) in [5.74, 6) is 0.670. The first-order chi connectivity index (χ1) is 8.14. The van der Waals surface area contributed by atoms with Gasteiger partial charge in [-0.15, -0.1) is 0 Å². The van der Waals surface area contributed by atoms with Crippen molar-refractivity contribution in [2.75, 3.05) is 6.54 Å². The first kappa shape index (κ1) is 14.9. The molecule has 1 aliphatic carbocycles. The fourth-order valence-electron chi connectivity index (χ4n) is 2.98. The normalized spacial score (nSPS) is 30.5. The minimum Gasteiger partial charge on any atom is -0.306 e. The average molecular weight is 247 g/mol. The molecule has 0 heterocycles. The molecule has 1 aliphatic rings. The summed E-state index contributed by atoms with van der Waals surface area (Å²) < 4.78 is 26.7. The van der Waals surface area contributed by atoms with Crippen LogP contribution in [-0.2, 0) is 0 Å². The van der Waals surface area contributed by atoms with Gasteiger partial charge in [-0.05, 0) is 38.1 Å². The summed E-state index contributed by atoms with van der Waals surface area (Å²) in [6, 6.07) is 0. The van der Waals surface area contributed by atoms with E-state index in [4.69, 9.17) is 0 Å². The van der Waals surface area contributed by atoms with Crippen molar-refractivity contribution in [3.8, 4) is 0 Å². The molecular weight excluding hydrogens is 220 g/mol. The molecule has 0 aliphatic heterocycles. The van der Waals surface area contributed by atoms with E-state index in [1.807, 2.05) is 6.92 Å². The fraction of sp³-hybridized carbons (Fsp3) is 1.00. The molecule has 1 N–H and O–H groups in total. The van der Waals surface area contributed by atoms with Gasteiger partial charge in [0, 0.05) is 0 Å². The van der Waals surface area contributed by atoms with Crippen LogP contribution in [0.5, 0.6) is 0 Å². The van der Waals surface area contributed by atoms with E-state index in [-0.39, 0.29) is 0 Å². The summed E-state index contributed by atoms with van der Waals surface area (Å²) in [6.45, 7) is 4.92. The first-order valence-electron chi connectivity index (χ1n) is 7.17. The SMILES string of the molecule is CCCNC1(C(F)F)CCCC(CCC)CC1. The molecule has 0 aromatic heterocycles. The molecule has 2 atom stereocenters. The maximum absolute atomic E-state index is 13.3. The number of nitrogens with one attached hydrogen (secondary N) is 1. The van der Waals surface area contributed by atoms with Crippen LogP contribution in [0.3, 0.4) is 0 Å². The lowest BCUT2D eigenvalue weighted by Gasteiger charge is -2.33. The average Bonchev–Trinajstić information content (AvgIpc) is 2.51. The standard InChI is InChI=1S/C14H27F2N/c1-3-6-12-7-5-9-14(10-8-12,13(15)16)17-11-4-2/h12-13,17H,3-11H2,1-2H3. The van der Waals surface area contributed by atoms with Crippen molar-refractivity contribution in [3.63, 3.8) is 0 Å². The summed E-state index contributed by atoms with van der Waals surface area (Å²) in [4.78, 5) is 0. The molecule has 0 spiro atoms. The molecule has 0 aromatic rings. The van der Waals surface area contributed by atoms with Gasteiger partial charge in [0.15, 0.2) is 0 Å². The number of alkyl halides is 2. The van der Waals surface area contributed by atoms with Gasteiger partial charge in [0.05, 0.1) is 5.54 Å². The molecule has 1 rings (SSSR count). The van der Waals surface area contributed by atoms with Gasteiger partial charge in [-0.2, -0.15) is 0 Å². The van der Waals surface area contributed by atoms with Crippen molar-refractivity contribution in [2.45, 2.75) is 77.2 Å². The smallest absolute Gasteiger partial charge is 0.256 e. The van der Waals surface area contributed by atoms with Crippen LogP contribution < -0.4 is 5.32 Å². The molecule has 2 unspecified atom stereocenters. The quantitative estimate of drug-likeness (QED) is 0.687. The maximum atomic E-state index is 13.3. The molecule has 0 aromatic carbocycles. The lowest BCUT2D eigenvalue weighted by Crippen LogP contribution is -2.51. The van der Waals surface area contributed by atoms with Crippen LogP contribution in [0.2, 0.25) is 0 Å². The zero-order valence-electron chi connectivity index (χ0n) is 11.3. The second kappa shape index (κ2) is 7.30. The molecule has 1 fully saturated rings. The summed E-state index contributed by atoms with van der Waals surface area (Å²) in [5.41, 5.74) is -0.890. The van der Waals surface area contributed by atoms with Gasteiger partial charge < -0.3 is 5.32 Å². The molecule has 17 heavy (non-hydrogen) atoms. The van der Waals surface area contributed by atoms with Gasteiger partial charge in [0.1, 0.15) is 0 Å². The van der Waals surface area contributed by atoms with Crippen molar-refractivity contribution in [3.05, 3.63) is 0 Å². The summed E-state index contributed by atoms with van der Waals surface area (Å²) in [5, 5.41) is 3.14. The Labute approximate surface area is 104 Å². The summed E-state index contributed by atoms with van der Waals surface area (Å²) in [7, 11) is 0. The third-order valence-corrected chi connectivity index (χ3v) is 4.08. The van der Waals surface area contributed by atoms with Crippen molar-refractivity contribution in [1.29, 1.82) is 0 Å². The minimum atomic E-state index is -2.23. The Kier molecular flexibility index (Phi) is 6.39. The second-order valence-electron chi connectivity index (χ2n) is 5.47. The van der Waals surface area contributed by atoms with Crippen molar-refractivity contribution >= 4 is 0 Å². The van der Waals surface area contributed by atoms with E-state index in [1.54, 1.807) is 0 Å². The van der Waals surface area contributed by atoms with E-state index in [0.717, 1.165) is 25.7 Å². The maximum Gasteiger partial charge on any atom is 0.256 e. The number of halogens is 2. The van der Waals surface area contributed by atoms with Crippen LogP contribution in [-0.4, -0.2) is 18.5 Å². The van der Waals surface area contributed by atoms with Gasteiger partial charge in [-0.3, -0.25) is 0 Å². The van der Waals surface area contributed by atoms with Crippen LogP contribution in [0, 0.1) is 5.92 Å². The van der Waals surface area contributed by atoms with Crippen LogP contribution in [0.15, 0.2) is 0 Å². The zero-order valence-corrected chi connectivity index (χ0v) is 11.3. The Balaban J connectivity index is 2.59. The number of hydrogen-bond acceptors (Lipinski definition) is 1. The van der Waals surface area contributed by atoms with Crippen molar-refractivity contribution < 1.29 is 8.78 Å². The van der Waals surface area contributed by atoms with Crippen LogP contribution >= 0.6 is 0 Å². The Morgan fingerprint density at radius 1 is 1.18 bits per heavy atom. The molecule has 0 saturated heterocycles. The molecule has 3 heteroatoms. The van der Waals surface area contributed by atoms with Crippen molar-refractivity contribution in [1.82, 2.24) is 5.32 Å². The van der Waals surface area contributed by atoms with E-state index in [0.29, 0.717) is 25.3 Å². The van der Waals surface area contributed by atoms with E-state index in [1.165, 1.54) is 12.8 Å². The van der Waals surface area contributed by atoms with Gasteiger partial charge in [0.25, 0.3) is 6.43 Å². The van der Waals surface area contributed by atoms with Crippen LogP contribution in [0.4, 0.5) is 8.78 Å². The van der Waals surface area contributed by atoms with Crippen LogP contribution in [0.1, 0.15) is 65.2 Å². The zero-order chi connectivity index (χ0) is 12.7. The molecule has 0 bridgehead atoms. The highest BCUT2D eigenvalue weighted by Crippen LogP contribution is 2.36. The van der Waals surface area contributed by atoms with Gasteiger partial charge in [-0.1, -0.05) is 39.5 Å². The number of hydrogen-bond donors (Lipinski definition) is 1. The molecule has 0 radical (unpaired) electrons. The monoisotopic (exact) mass is 247 g/mol. The van der Waals surface area contributed by atoms with E-state index < -0.39 is 12.0 Å². The fourth-order valence-corrected chi connectivity index (χ4v) is 2.98. The third kappa shape index (κ3) is 4.20. The Bertz CT molecular complexity index is 208. The largest absolute Gasteiger partial charge is 0.306 e. The highest BCUT2D eigenvalue weighted by atomic mass is 19.3. The van der Waals surface area contributed by atoms with Crippen molar-refractivity contribution in [2.24, 2.45) is 5.92 Å². The van der Waals surface area contributed by atoms with E-state index >= 15 is 0 Å².